The van der Waals surface area contributed by atoms with Crippen LogP contribution >= 0.6 is 0 Å². The van der Waals surface area contributed by atoms with E-state index in [0.717, 1.165) is 48.3 Å². The molecule has 25 heavy (non-hydrogen) atoms. The topological polar surface area (TPSA) is 68.9 Å². The van der Waals surface area contributed by atoms with Crippen LogP contribution in [0.4, 0.5) is 0 Å². The van der Waals surface area contributed by atoms with Crippen molar-refractivity contribution in [3.05, 3.63) is 42.6 Å². The molecule has 0 atom stereocenters. The van der Waals surface area contributed by atoms with Crippen molar-refractivity contribution >= 4 is 5.65 Å². The second kappa shape index (κ2) is 6.72. The monoisotopic (exact) mass is 339 g/mol. The summed E-state index contributed by atoms with van der Waals surface area (Å²) in [6.45, 7) is 0. The first-order valence-corrected chi connectivity index (χ1v) is 8.57. The second-order valence-corrected chi connectivity index (χ2v) is 6.37. The van der Waals surface area contributed by atoms with Gasteiger partial charge in [0.1, 0.15) is 11.9 Å². The highest BCUT2D eigenvalue weighted by Gasteiger charge is 2.21. The number of aliphatic hydroxyl groups is 1. The maximum Gasteiger partial charge on any atom is 0.232 e. The third-order valence-electron chi connectivity index (χ3n) is 4.63. The van der Waals surface area contributed by atoms with Gasteiger partial charge >= 0.3 is 0 Å². The van der Waals surface area contributed by atoms with Gasteiger partial charge in [0.05, 0.1) is 25.1 Å². The Morgan fingerprint density at radius 3 is 2.76 bits per heavy atom. The third kappa shape index (κ3) is 3.30. The van der Waals surface area contributed by atoms with Crippen LogP contribution in [-0.2, 0) is 0 Å². The van der Waals surface area contributed by atoms with Crippen molar-refractivity contribution in [3.8, 4) is 22.9 Å². The number of aromatic nitrogens is 3. The van der Waals surface area contributed by atoms with Crippen molar-refractivity contribution < 1.29 is 14.6 Å². The molecule has 1 aliphatic rings. The van der Waals surface area contributed by atoms with E-state index in [1.807, 2.05) is 36.4 Å². The Morgan fingerprint density at radius 1 is 1.12 bits per heavy atom. The van der Waals surface area contributed by atoms with Gasteiger partial charge in [-0.25, -0.2) is 9.50 Å². The molecule has 0 saturated heterocycles. The van der Waals surface area contributed by atoms with Crippen LogP contribution in [0.25, 0.3) is 16.9 Å². The van der Waals surface area contributed by atoms with Gasteiger partial charge in [0, 0.05) is 11.6 Å². The van der Waals surface area contributed by atoms with Gasteiger partial charge in [-0.15, -0.1) is 5.10 Å². The zero-order chi connectivity index (χ0) is 17.2. The molecule has 1 saturated carbocycles. The zero-order valence-electron chi connectivity index (χ0n) is 14.1. The van der Waals surface area contributed by atoms with Crippen molar-refractivity contribution in [2.45, 2.75) is 37.9 Å². The van der Waals surface area contributed by atoms with Crippen LogP contribution in [0.5, 0.6) is 11.6 Å². The first kappa shape index (κ1) is 15.9. The van der Waals surface area contributed by atoms with Crippen molar-refractivity contribution in [2.24, 2.45) is 0 Å². The van der Waals surface area contributed by atoms with Crippen LogP contribution in [0.1, 0.15) is 25.7 Å². The molecule has 0 radical (unpaired) electrons. The highest BCUT2D eigenvalue weighted by Crippen LogP contribution is 2.26. The molecule has 6 heteroatoms. The van der Waals surface area contributed by atoms with Gasteiger partial charge in [-0.05, 0) is 43.9 Å². The largest absolute Gasteiger partial charge is 0.497 e. The molecular weight excluding hydrogens is 318 g/mol. The van der Waals surface area contributed by atoms with E-state index in [4.69, 9.17) is 9.47 Å². The Hall–Kier alpha value is -2.60. The number of ether oxygens (including phenoxy) is 2. The normalized spacial score (nSPS) is 20.6. The molecule has 0 unspecified atom stereocenters. The molecule has 1 fully saturated rings. The number of aliphatic hydroxyl groups excluding tert-OH is 1. The summed E-state index contributed by atoms with van der Waals surface area (Å²) in [4.78, 5) is 4.42. The molecule has 0 bridgehead atoms. The first-order chi connectivity index (χ1) is 12.2. The summed E-state index contributed by atoms with van der Waals surface area (Å²) < 4.78 is 13.1. The Labute approximate surface area is 146 Å². The summed E-state index contributed by atoms with van der Waals surface area (Å²) in [6, 6.07) is 11.6. The quantitative estimate of drug-likeness (QED) is 0.791. The van der Waals surface area contributed by atoms with Gasteiger partial charge in [0.2, 0.25) is 5.88 Å². The van der Waals surface area contributed by atoms with Crippen LogP contribution in [0.15, 0.2) is 42.6 Å². The fourth-order valence-electron chi connectivity index (χ4n) is 3.23. The minimum Gasteiger partial charge on any atom is -0.497 e. The minimum absolute atomic E-state index is 0.108. The van der Waals surface area contributed by atoms with Crippen molar-refractivity contribution in [2.75, 3.05) is 7.11 Å². The molecule has 2 heterocycles. The SMILES string of the molecule is COc1cccc(-c2cnc3ccc(OC4CCC(O)CC4)nn23)c1. The van der Waals surface area contributed by atoms with E-state index in [2.05, 4.69) is 10.1 Å². The lowest BCUT2D eigenvalue weighted by molar-refractivity contribution is 0.0637. The van der Waals surface area contributed by atoms with E-state index in [1.54, 1.807) is 17.8 Å². The van der Waals surface area contributed by atoms with E-state index in [1.165, 1.54) is 0 Å². The van der Waals surface area contributed by atoms with E-state index in [9.17, 15) is 5.11 Å². The molecule has 6 nitrogen and oxygen atoms in total. The number of nitrogens with zero attached hydrogens (tertiary/aromatic N) is 3. The van der Waals surface area contributed by atoms with E-state index in [0.29, 0.717) is 5.88 Å². The summed E-state index contributed by atoms with van der Waals surface area (Å²) in [6.07, 6.45) is 5.00. The maximum atomic E-state index is 9.62. The van der Waals surface area contributed by atoms with Gasteiger partial charge in [-0.1, -0.05) is 12.1 Å². The summed E-state index contributed by atoms with van der Waals surface area (Å²) in [5.41, 5.74) is 2.64. The summed E-state index contributed by atoms with van der Waals surface area (Å²) in [7, 11) is 1.65. The van der Waals surface area contributed by atoms with Gasteiger partial charge in [0.25, 0.3) is 0 Å². The molecule has 2 aromatic heterocycles. The number of hydrogen-bond acceptors (Lipinski definition) is 5. The van der Waals surface area contributed by atoms with Crippen molar-refractivity contribution in [3.63, 3.8) is 0 Å². The minimum atomic E-state index is -0.191. The average Bonchev–Trinajstić information content (AvgIpc) is 3.07. The second-order valence-electron chi connectivity index (χ2n) is 6.37. The summed E-state index contributed by atoms with van der Waals surface area (Å²) in [5, 5.41) is 14.2. The third-order valence-corrected chi connectivity index (χ3v) is 4.63. The fraction of sp³-hybridized carbons (Fsp3) is 0.368. The molecule has 0 spiro atoms. The number of imidazole rings is 1. The van der Waals surface area contributed by atoms with Gasteiger partial charge in [0.15, 0.2) is 5.65 Å². The number of rotatable bonds is 4. The van der Waals surface area contributed by atoms with Crippen molar-refractivity contribution in [1.82, 2.24) is 14.6 Å². The van der Waals surface area contributed by atoms with Crippen LogP contribution in [-0.4, -0.2) is 39.0 Å². The standard InChI is InChI=1S/C19H21N3O3/c1-24-16-4-2-3-13(11-16)17-12-20-18-9-10-19(21-22(17)18)25-15-7-5-14(23)6-8-15/h2-4,9-12,14-15,23H,5-8H2,1H3. The Morgan fingerprint density at radius 2 is 1.96 bits per heavy atom. The van der Waals surface area contributed by atoms with E-state index >= 15 is 0 Å². The Balaban J connectivity index is 1.63. The molecule has 4 rings (SSSR count). The van der Waals surface area contributed by atoms with Crippen LogP contribution in [0.3, 0.4) is 0 Å². The lowest BCUT2D eigenvalue weighted by Gasteiger charge is -2.25. The number of methoxy groups -OCH3 is 1. The zero-order valence-corrected chi connectivity index (χ0v) is 14.1. The summed E-state index contributed by atoms with van der Waals surface area (Å²) in [5.74, 6) is 1.37. The molecule has 3 aromatic rings. The van der Waals surface area contributed by atoms with Crippen molar-refractivity contribution in [1.29, 1.82) is 0 Å². The molecule has 0 amide bonds. The lowest BCUT2D eigenvalue weighted by Crippen LogP contribution is -2.26. The Bertz CT molecular complexity index is 869. The lowest BCUT2D eigenvalue weighted by atomic mass is 9.95. The van der Waals surface area contributed by atoms with Crippen LogP contribution < -0.4 is 9.47 Å². The molecule has 1 N–H and O–H groups in total. The summed E-state index contributed by atoms with van der Waals surface area (Å²) >= 11 is 0. The smallest absolute Gasteiger partial charge is 0.232 e. The predicted octanol–water partition coefficient (Wildman–Crippen LogP) is 3.09. The number of fused-ring (bicyclic) bond motifs is 1. The molecular formula is C19H21N3O3. The Kier molecular flexibility index (Phi) is 4.28. The van der Waals surface area contributed by atoms with E-state index < -0.39 is 0 Å². The number of hydrogen-bond donors (Lipinski definition) is 1. The van der Waals surface area contributed by atoms with Gasteiger partial charge in [-0.2, -0.15) is 0 Å². The van der Waals surface area contributed by atoms with Crippen LogP contribution in [0.2, 0.25) is 0 Å². The maximum absolute atomic E-state index is 9.62. The van der Waals surface area contributed by atoms with Gasteiger partial charge in [-0.3, -0.25) is 0 Å². The molecule has 1 aromatic carbocycles. The first-order valence-electron chi connectivity index (χ1n) is 8.57. The van der Waals surface area contributed by atoms with Gasteiger partial charge < -0.3 is 14.6 Å². The average molecular weight is 339 g/mol. The van der Waals surface area contributed by atoms with Crippen LogP contribution in [0, 0.1) is 0 Å². The molecule has 1 aliphatic carbocycles. The molecule has 130 valence electrons. The predicted molar refractivity (Wildman–Crippen MR) is 93.9 cm³/mol. The molecule has 0 aliphatic heterocycles. The highest BCUT2D eigenvalue weighted by atomic mass is 16.5. The number of benzene rings is 1. The fourth-order valence-corrected chi connectivity index (χ4v) is 3.23. The van der Waals surface area contributed by atoms with E-state index in [-0.39, 0.29) is 12.2 Å². The highest BCUT2D eigenvalue weighted by molar-refractivity contribution is 5.64.